The number of aromatic nitrogens is 2. The van der Waals surface area contributed by atoms with Crippen molar-refractivity contribution < 1.29 is 27.8 Å². The van der Waals surface area contributed by atoms with E-state index < -0.39 is 35.6 Å². The van der Waals surface area contributed by atoms with Crippen LogP contribution in [0, 0.1) is 19.7 Å². The number of rotatable bonds is 6. The summed E-state index contributed by atoms with van der Waals surface area (Å²) in [7, 11) is 3.14. The van der Waals surface area contributed by atoms with Crippen LogP contribution in [0.1, 0.15) is 47.8 Å². The maximum absolute atomic E-state index is 14.3. The van der Waals surface area contributed by atoms with E-state index in [1.807, 2.05) is 12.1 Å². The second-order valence-electron chi connectivity index (χ2n) is 9.05. The highest BCUT2D eigenvalue weighted by molar-refractivity contribution is 6.10. The summed E-state index contributed by atoms with van der Waals surface area (Å²) < 4.78 is 48.3. The van der Waals surface area contributed by atoms with Gasteiger partial charge in [-0.15, -0.1) is 5.10 Å². The van der Waals surface area contributed by atoms with Crippen molar-refractivity contribution >= 4 is 28.2 Å². The highest BCUT2D eigenvalue weighted by atomic mass is 19.3. The van der Waals surface area contributed by atoms with E-state index in [0.29, 0.717) is 33.7 Å². The van der Waals surface area contributed by atoms with E-state index in [2.05, 4.69) is 15.5 Å². The number of alkyl halides is 2. The van der Waals surface area contributed by atoms with Crippen LogP contribution < -0.4 is 10.2 Å². The van der Waals surface area contributed by atoms with Gasteiger partial charge in [-0.25, -0.2) is 4.39 Å². The molecular weight excluding hydrogens is 461 g/mol. The molecule has 4 rings (SSSR count). The minimum atomic E-state index is -3.58. The molecular formula is C25H27F3N4O3. The molecule has 2 unspecified atom stereocenters. The second kappa shape index (κ2) is 8.46. The number of anilines is 2. The Morgan fingerprint density at radius 3 is 2.51 bits per heavy atom. The average molecular weight is 489 g/mol. The first-order chi connectivity index (χ1) is 16.4. The Bertz CT molecular complexity index is 1350. The monoisotopic (exact) mass is 488 g/mol. The van der Waals surface area contributed by atoms with E-state index in [1.165, 1.54) is 25.0 Å². The summed E-state index contributed by atoms with van der Waals surface area (Å²) >= 11 is 0. The normalized spacial score (nSPS) is 18.8. The molecule has 0 spiro atoms. The SMILES string of the molecule is COC1(C)C(=O)N(C)c2cc3c(NC(C)c4cc(F)cc(C(F)(F)CO)c4C)nnc(C)c3cc21. The zero-order chi connectivity index (χ0) is 25.9. The molecule has 2 atom stereocenters. The molecule has 3 aromatic rings. The Balaban J connectivity index is 1.82. The molecule has 1 aliphatic rings. The molecule has 0 saturated carbocycles. The number of ether oxygens (including phenoxy) is 1. The summed E-state index contributed by atoms with van der Waals surface area (Å²) in [6.45, 7) is 5.23. The highest BCUT2D eigenvalue weighted by Crippen LogP contribution is 2.45. The predicted octanol–water partition coefficient (Wildman–Crippen LogP) is 4.48. The summed E-state index contributed by atoms with van der Waals surface area (Å²) in [6, 6.07) is 4.96. The predicted molar refractivity (Wildman–Crippen MR) is 126 cm³/mol. The van der Waals surface area contributed by atoms with E-state index in [9.17, 15) is 18.0 Å². The first-order valence-corrected chi connectivity index (χ1v) is 11.1. The molecule has 1 aromatic heterocycles. The Labute approximate surface area is 200 Å². The van der Waals surface area contributed by atoms with Crippen molar-refractivity contribution in [1.82, 2.24) is 10.2 Å². The molecule has 1 aliphatic heterocycles. The van der Waals surface area contributed by atoms with Crippen LogP contribution in [0.15, 0.2) is 24.3 Å². The van der Waals surface area contributed by atoms with Crippen LogP contribution >= 0.6 is 0 Å². The number of amides is 1. The summed E-state index contributed by atoms with van der Waals surface area (Å²) in [5.41, 5.74) is 0.741. The third-order valence-electron chi connectivity index (χ3n) is 6.90. The maximum Gasteiger partial charge on any atom is 0.296 e. The molecule has 2 aromatic carbocycles. The number of benzene rings is 2. The van der Waals surface area contributed by atoms with Crippen molar-refractivity contribution in [1.29, 1.82) is 0 Å². The largest absolute Gasteiger partial charge is 0.390 e. The van der Waals surface area contributed by atoms with Crippen LogP contribution in [-0.2, 0) is 21.1 Å². The smallest absolute Gasteiger partial charge is 0.296 e. The lowest BCUT2D eigenvalue weighted by atomic mass is 9.93. The maximum atomic E-state index is 14.3. The van der Waals surface area contributed by atoms with E-state index in [0.717, 1.165) is 11.5 Å². The van der Waals surface area contributed by atoms with Crippen molar-refractivity contribution in [2.75, 3.05) is 31.0 Å². The number of halogens is 3. The molecule has 0 bridgehead atoms. The minimum absolute atomic E-state index is 0.164. The van der Waals surface area contributed by atoms with Gasteiger partial charge in [0.1, 0.15) is 12.4 Å². The first kappa shape index (κ1) is 24.9. The summed E-state index contributed by atoms with van der Waals surface area (Å²) in [6.07, 6.45) is 0. The Kier molecular flexibility index (Phi) is 6.01. The van der Waals surface area contributed by atoms with Gasteiger partial charge in [0.25, 0.3) is 11.8 Å². The summed E-state index contributed by atoms with van der Waals surface area (Å²) in [4.78, 5) is 14.4. The fraction of sp³-hybridized carbons (Fsp3) is 0.400. The molecule has 1 amide bonds. The molecule has 186 valence electrons. The van der Waals surface area contributed by atoms with Crippen LogP contribution in [0.5, 0.6) is 0 Å². The molecule has 0 aliphatic carbocycles. The van der Waals surface area contributed by atoms with Crippen molar-refractivity contribution in [2.45, 2.75) is 45.3 Å². The van der Waals surface area contributed by atoms with Gasteiger partial charge in [-0.3, -0.25) is 4.79 Å². The number of nitrogens with zero attached hydrogens (tertiary/aromatic N) is 3. The van der Waals surface area contributed by atoms with Gasteiger partial charge < -0.3 is 20.1 Å². The van der Waals surface area contributed by atoms with Crippen molar-refractivity contribution in [3.05, 3.63) is 58.0 Å². The molecule has 10 heteroatoms. The molecule has 0 radical (unpaired) electrons. The van der Waals surface area contributed by atoms with Gasteiger partial charge in [-0.05, 0) is 63.1 Å². The third kappa shape index (κ3) is 3.81. The number of hydrogen-bond donors (Lipinski definition) is 2. The van der Waals surface area contributed by atoms with Crippen LogP contribution in [-0.4, -0.2) is 42.0 Å². The topological polar surface area (TPSA) is 87.6 Å². The summed E-state index contributed by atoms with van der Waals surface area (Å²) in [5.74, 6) is -4.27. The number of likely N-dealkylation sites (N-methyl/N-ethyl adjacent to an activating group) is 1. The standard InChI is InChI=1S/C25H27F3N4O3/c1-12-16(7-15(26)8-19(12)25(27,28)11-33)13(2)29-22-18-10-21-20(9-17(18)14(3)30-31-22)24(4,35-6)23(34)32(21)5/h7-10,13,33H,11H2,1-6H3,(H,29,31). The average Bonchev–Trinajstić information content (AvgIpc) is 3.02. The van der Waals surface area contributed by atoms with Gasteiger partial charge in [-0.2, -0.15) is 13.9 Å². The Morgan fingerprint density at radius 1 is 1.20 bits per heavy atom. The van der Waals surface area contributed by atoms with Gasteiger partial charge >= 0.3 is 0 Å². The number of nitrogens with one attached hydrogen (secondary N) is 1. The quantitative estimate of drug-likeness (QED) is 0.532. The van der Waals surface area contributed by atoms with E-state index in [4.69, 9.17) is 9.84 Å². The van der Waals surface area contributed by atoms with Gasteiger partial charge in [0, 0.05) is 36.1 Å². The number of aryl methyl sites for hydroxylation is 1. The van der Waals surface area contributed by atoms with Gasteiger partial charge in [0.15, 0.2) is 11.4 Å². The van der Waals surface area contributed by atoms with Crippen molar-refractivity contribution in [3.8, 4) is 0 Å². The fourth-order valence-electron chi connectivity index (χ4n) is 4.72. The zero-order valence-electron chi connectivity index (χ0n) is 20.3. The fourth-order valence-corrected chi connectivity index (χ4v) is 4.72. The minimum Gasteiger partial charge on any atom is -0.390 e. The molecule has 2 heterocycles. The van der Waals surface area contributed by atoms with Crippen LogP contribution in [0.25, 0.3) is 10.8 Å². The lowest BCUT2D eigenvalue weighted by Gasteiger charge is -2.23. The van der Waals surface area contributed by atoms with E-state index >= 15 is 0 Å². The molecule has 0 fully saturated rings. The highest BCUT2D eigenvalue weighted by Gasteiger charge is 2.47. The lowest BCUT2D eigenvalue weighted by molar-refractivity contribution is -0.137. The zero-order valence-corrected chi connectivity index (χ0v) is 20.3. The van der Waals surface area contributed by atoms with Crippen molar-refractivity contribution in [3.63, 3.8) is 0 Å². The van der Waals surface area contributed by atoms with Crippen molar-refractivity contribution in [2.24, 2.45) is 0 Å². The van der Waals surface area contributed by atoms with Gasteiger partial charge in [0.05, 0.1) is 17.4 Å². The first-order valence-electron chi connectivity index (χ1n) is 11.1. The van der Waals surface area contributed by atoms with Crippen LogP contribution in [0.4, 0.5) is 24.7 Å². The third-order valence-corrected chi connectivity index (χ3v) is 6.90. The number of carbonyl (C=O) groups is 1. The number of carbonyl (C=O) groups excluding carboxylic acids is 1. The van der Waals surface area contributed by atoms with E-state index in [1.54, 1.807) is 27.8 Å². The van der Waals surface area contributed by atoms with Gasteiger partial charge in [0.2, 0.25) is 0 Å². The lowest BCUT2D eigenvalue weighted by Crippen LogP contribution is -2.37. The number of methoxy groups -OCH3 is 1. The van der Waals surface area contributed by atoms with Crippen LogP contribution in [0.2, 0.25) is 0 Å². The molecule has 2 N–H and O–H groups in total. The van der Waals surface area contributed by atoms with Gasteiger partial charge in [-0.1, -0.05) is 0 Å². The second-order valence-corrected chi connectivity index (χ2v) is 9.05. The van der Waals surface area contributed by atoms with E-state index in [-0.39, 0.29) is 11.5 Å². The molecule has 7 nitrogen and oxygen atoms in total. The number of fused-ring (bicyclic) bond motifs is 2. The molecule has 35 heavy (non-hydrogen) atoms. The number of hydrogen-bond acceptors (Lipinski definition) is 6. The Hall–Kier alpha value is -3.24. The van der Waals surface area contributed by atoms with Crippen LogP contribution in [0.3, 0.4) is 0 Å². The molecule has 0 saturated heterocycles. The Morgan fingerprint density at radius 2 is 1.89 bits per heavy atom. The number of aliphatic hydroxyl groups excluding tert-OH is 1. The summed E-state index contributed by atoms with van der Waals surface area (Å²) in [5, 5.41) is 22.1. The number of aliphatic hydroxyl groups is 1.